The zero-order valence-corrected chi connectivity index (χ0v) is 11.6. The first-order valence-electron chi connectivity index (χ1n) is 6.25. The second-order valence-electron chi connectivity index (χ2n) is 4.51. The van der Waals surface area contributed by atoms with E-state index in [1.807, 2.05) is 13.8 Å². The van der Waals surface area contributed by atoms with E-state index in [2.05, 4.69) is 15.0 Å². The number of aromatic nitrogens is 3. The summed E-state index contributed by atoms with van der Waals surface area (Å²) in [4.78, 5) is 12.0. The lowest BCUT2D eigenvalue weighted by molar-refractivity contribution is 0.210. The van der Waals surface area contributed by atoms with Crippen LogP contribution in [0, 0.1) is 0 Å². The average molecular weight is 275 g/mol. The minimum atomic E-state index is -0.907. The van der Waals surface area contributed by atoms with Gasteiger partial charge in [-0.05, 0) is 19.9 Å². The van der Waals surface area contributed by atoms with Crippen molar-refractivity contribution in [2.45, 2.75) is 26.1 Å². The van der Waals surface area contributed by atoms with E-state index in [-0.39, 0.29) is 6.10 Å². The summed E-state index contributed by atoms with van der Waals surface area (Å²) in [5.41, 5.74) is 1.05. The van der Waals surface area contributed by atoms with Crippen molar-refractivity contribution in [3.05, 3.63) is 42.1 Å². The average Bonchev–Trinajstić information content (AvgIpc) is 2.46. The zero-order chi connectivity index (χ0) is 14.5. The highest BCUT2D eigenvalue weighted by atomic mass is 16.5. The molecule has 1 atom stereocenters. The number of nitrogens with zero attached hydrogens (tertiary/aromatic N) is 3. The molecule has 0 aliphatic heterocycles. The molecule has 0 aliphatic rings. The molecule has 0 saturated heterocycles. The number of aliphatic hydroxyl groups excluding tert-OH is 1. The molecule has 0 aliphatic carbocycles. The Bertz CT molecular complexity index is 575. The topological polar surface area (TPSA) is 77.4 Å². The van der Waals surface area contributed by atoms with Crippen molar-refractivity contribution in [1.82, 2.24) is 15.0 Å². The molecule has 6 nitrogen and oxygen atoms in total. The molecular weight excluding hydrogens is 258 g/mol. The van der Waals surface area contributed by atoms with Crippen LogP contribution in [0.5, 0.6) is 11.6 Å². The Morgan fingerprint density at radius 3 is 2.65 bits per heavy atom. The SMILES string of the molecule is COc1cc(C(O)c2cncc(OC(C)C)c2)ncn1. The fourth-order valence-corrected chi connectivity index (χ4v) is 1.71. The molecule has 0 amide bonds. The maximum atomic E-state index is 10.3. The predicted octanol–water partition coefficient (Wildman–Crippen LogP) is 1.75. The third-order valence-electron chi connectivity index (χ3n) is 2.57. The molecule has 6 heteroatoms. The van der Waals surface area contributed by atoms with Gasteiger partial charge >= 0.3 is 0 Å². The Labute approximate surface area is 117 Å². The van der Waals surface area contributed by atoms with Crippen molar-refractivity contribution >= 4 is 0 Å². The van der Waals surface area contributed by atoms with Crippen LogP contribution in [-0.2, 0) is 0 Å². The lowest BCUT2D eigenvalue weighted by Gasteiger charge is -2.13. The monoisotopic (exact) mass is 275 g/mol. The molecule has 2 aromatic rings. The summed E-state index contributed by atoms with van der Waals surface area (Å²) in [5.74, 6) is 1.01. The normalized spacial score (nSPS) is 12.2. The van der Waals surface area contributed by atoms with E-state index in [9.17, 15) is 5.11 Å². The Morgan fingerprint density at radius 2 is 1.95 bits per heavy atom. The van der Waals surface area contributed by atoms with Crippen molar-refractivity contribution in [2.24, 2.45) is 0 Å². The number of rotatable bonds is 5. The second kappa shape index (κ2) is 6.29. The molecule has 2 rings (SSSR count). The molecule has 0 aromatic carbocycles. The molecular formula is C14H17N3O3. The van der Waals surface area contributed by atoms with Crippen LogP contribution in [0.25, 0.3) is 0 Å². The molecule has 0 saturated carbocycles. The van der Waals surface area contributed by atoms with Gasteiger partial charge in [0.1, 0.15) is 18.2 Å². The van der Waals surface area contributed by atoms with Crippen molar-refractivity contribution in [2.75, 3.05) is 7.11 Å². The van der Waals surface area contributed by atoms with Crippen LogP contribution in [0.2, 0.25) is 0 Å². The van der Waals surface area contributed by atoms with Crippen LogP contribution in [0.4, 0.5) is 0 Å². The van der Waals surface area contributed by atoms with Crippen molar-refractivity contribution in [1.29, 1.82) is 0 Å². The zero-order valence-electron chi connectivity index (χ0n) is 11.6. The van der Waals surface area contributed by atoms with Gasteiger partial charge in [-0.25, -0.2) is 9.97 Å². The fourth-order valence-electron chi connectivity index (χ4n) is 1.71. The lowest BCUT2D eigenvalue weighted by Crippen LogP contribution is -2.08. The van der Waals surface area contributed by atoms with Gasteiger partial charge in [0.25, 0.3) is 0 Å². The van der Waals surface area contributed by atoms with Crippen LogP contribution in [-0.4, -0.2) is 33.3 Å². The molecule has 2 heterocycles. The molecule has 1 N–H and O–H groups in total. The number of ether oxygens (including phenoxy) is 2. The maximum Gasteiger partial charge on any atom is 0.216 e. The summed E-state index contributed by atoms with van der Waals surface area (Å²) in [6.07, 6.45) is 3.67. The molecule has 106 valence electrons. The van der Waals surface area contributed by atoms with Crippen LogP contribution in [0.1, 0.15) is 31.2 Å². The first kappa shape index (κ1) is 14.2. The smallest absolute Gasteiger partial charge is 0.216 e. The van der Waals surface area contributed by atoms with Gasteiger partial charge in [0, 0.05) is 17.8 Å². The fraction of sp³-hybridized carbons (Fsp3) is 0.357. The molecule has 2 aromatic heterocycles. The Hall–Kier alpha value is -2.21. The van der Waals surface area contributed by atoms with Gasteiger partial charge in [-0.1, -0.05) is 0 Å². The van der Waals surface area contributed by atoms with Crippen molar-refractivity contribution in [3.63, 3.8) is 0 Å². The Morgan fingerprint density at radius 1 is 1.15 bits per heavy atom. The maximum absolute atomic E-state index is 10.3. The van der Waals surface area contributed by atoms with Gasteiger partial charge < -0.3 is 14.6 Å². The molecule has 1 unspecified atom stereocenters. The van der Waals surface area contributed by atoms with E-state index < -0.39 is 6.10 Å². The standard InChI is InChI=1S/C14H17N3O3/c1-9(2)20-11-4-10(6-15-7-11)14(18)12-5-13(19-3)17-8-16-12/h4-9,14,18H,1-3H3. The summed E-state index contributed by atoms with van der Waals surface area (Å²) >= 11 is 0. The molecule has 0 radical (unpaired) electrons. The van der Waals surface area contributed by atoms with Crippen molar-refractivity contribution in [3.8, 4) is 11.6 Å². The van der Waals surface area contributed by atoms with Gasteiger partial charge in [0.15, 0.2) is 0 Å². The van der Waals surface area contributed by atoms with E-state index in [0.29, 0.717) is 22.9 Å². The summed E-state index contributed by atoms with van der Waals surface area (Å²) < 4.78 is 10.6. The first-order valence-corrected chi connectivity index (χ1v) is 6.25. The van der Waals surface area contributed by atoms with Gasteiger partial charge in [0.05, 0.1) is 25.1 Å². The minimum absolute atomic E-state index is 0.0448. The van der Waals surface area contributed by atoms with Gasteiger partial charge in [-0.3, -0.25) is 4.98 Å². The number of hydrogen-bond donors (Lipinski definition) is 1. The Balaban J connectivity index is 2.25. The first-order chi connectivity index (χ1) is 9.60. The summed E-state index contributed by atoms with van der Waals surface area (Å²) in [6.45, 7) is 3.86. The van der Waals surface area contributed by atoms with Crippen molar-refractivity contribution < 1.29 is 14.6 Å². The second-order valence-corrected chi connectivity index (χ2v) is 4.51. The van der Waals surface area contributed by atoms with Gasteiger partial charge in [-0.15, -0.1) is 0 Å². The lowest BCUT2D eigenvalue weighted by atomic mass is 10.1. The highest BCUT2D eigenvalue weighted by Crippen LogP contribution is 2.24. The Kier molecular flexibility index (Phi) is 4.47. The summed E-state index contributed by atoms with van der Waals surface area (Å²) in [6, 6.07) is 3.33. The third kappa shape index (κ3) is 3.42. The van der Waals surface area contributed by atoms with Gasteiger partial charge in [0.2, 0.25) is 5.88 Å². The van der Waals surface area contributed by atoms with E-state index in [4.69, 9.17) is 9.47 Å². The summed E-state index contributed by atoms with van der Waals surface area (Å²) in [7, 11) is 1.51. The number of hydrogen-bond acceptors (Lipinski definition) is 6. The summed E-state index contributed by atoms with van der Waals surface area (Å²) in [5, 5.41) is 10.3. The third-order valence-corrected chi connectivity index (χ3v) is 2.57. The number of methoxy groups -OCH3 is 1. The highest BCUT2D eigenvalue weighted by molar-refractivity contribution is 5.30. The van der Waals surface area contributed by atoms with Crippen LogP contribution in [0.15, 0.2) is 30.9 Å². The molecule has 0 fully saturated rings. The predicted molar refractivity (Wildman–Crippen MR) is 72.6 cm³/mol. The van der Waals surface area contributed by atoms with Crippen LogP contribution < -0.4 is 9.47 Å². The number of pyridine rings is 1. The van der Waals surface area contributed by atoms with E-state index >= 15 is 0 Å². The van der Waals surface area contributed by atoms with Crippen LogP contribution in [0.3, 0.4) is 0 Å². The number of aliphatic hydroxyl groups is 1. The molecule has 20 heavy (non-hydrogen) atoms. The van der Waals surface area contributed by atoms with E-state index in [0.717, 1.165) is 0 Å². The highest BCUT2D eigenvalue weighted by Gasteiger charge is 2.14. The van der Waals surface area contributed by atoms with Crippen LogP contribution >= 0.6 is 0 Å². The van der Waals surface area contributed by atoms with E-state index in [1.165, 1.54) is 13.4 Å². The quantitative estimate of drug-likeness (QED) is 0.895. The molecule has 0 bridgehead atoms. The largest absolute Gasteiger partial charge is 0.489 e. The van der Waals surface area contributed by atoms with E-state index in [1.54, 1.807) is 24.5 Å². The molecule has 0 spiro atoms. The van der Waals surface area contributed by atoms with Gasteiger partial charge in [-0.2, -0.15) is 0 Å². The minimum Gasteiger partial charge on any atom is -0.489 e.